The van der Waals surface area contributed by atoms with Gasteiger partial charge in [-0.3, -0.25) is 0 Å². The van der Waals surface area contributed by atoms with Gasteiger partial charge in [-0.25, -0.2) is 0 Å². The van der Waals surface area contributed by atoms with Crippen LogP contribution in [0.2, 0.25) is 5.02 Å². The second-order valence-corrected chi connectivity index (χ2v) is 4.47. The molecule has 0 aliphatic heterocycles. The molecule has 2 aromatic carbocycles. The van der Waals surface area contributed by atoms with Crippen LogP contribution in [0.3, 0.4) is 0 Å². The van der Waals surface area contributed by atoms with E-state index in [0.29, 0.717) is 9.50 Å². The highest BCUT2D eigenvalue weighted by Crippen LogP contribution is 2.30. The maximum Gasteiger partial charge on any atom is 0.130 e. The van der Waals surface area contributed by atoms with E-state index < -0.39 is 0 Å². The zero-order valence-electron chi connectivity index (χ0n) is 7.74. The Balaban J connectivity index is 2.50. The number of phenolic OH excluding ortho intramolecular Hbond substituents is 1. The lowest BCUT2D eigenvalue weighted by molar-refractivity contribution is 0.472. The molecule has 2 rings (SSSR count). The molecule has 0 atom stereocenters. The summed E-state index contributed by atoms with van der Waals surface area (Å²) < 4.78 is 0.688. The van der Waals surface area contributed by atoms with Gasteiger partial charge in [0.1, 0.15) is 5.75 Å². The average molecular weight is 284 g/mol. The number of benzene rings is 2. The van der Waals surface area contributed by atoms with E-state index in [0.717, 1.165) is 11.1 Å². The topological polar surface area (TPSA) is 20.2 Å². The van der Waals surface area contributed by atoms with E-state index >= 15 is 0 Å². The van der Waals surface area contributed by atoms with E-state index in [2.05, 4.69) is 15.9 Å². The van der Waals surface area contributed by atoms with Crippen molar-refractivity contribution in [3.05, 3.63) is 52.0 Å². The summed E-state index contributed by atoms with van der Waals surface area (Å²) in [6, 6.07) is 13.0. The van der Waals surface area contributed by atoms with Gasteiger partial charge in [0.15, 0.2) is 0 Å². The van der Waals surface area contributed by atoms with Gasteiger partial charge in [0.25, 0.3) is 0 Å². The van der Waals surface area contributed by atoms with Crippen LogP contribution < -0.4 is 0 Å². The highest BCUT2D eigenvalue weighted by molar-refractivity contribution is 9.10. The van der Waals surface area contributed by atoms with Crippen molar-refractivity contribution >= 4 is 27.5 Å². The molecule has 76 valence electrons. The third kappa shape index (κ3) is 2.33. The van der Waals surface area contributed by atoms with Gasteiger partial charge < -0.3 is 5.11 Å². The molecule has 0 radical (unpaired) electrons. The predicted molar refractivity (Wildman–Crippen MR) is 66.3 cm³/mol. The quantitative estimate of drug-likeness (QED) is 0.818. The molecule has 0 unspecified atom stereocenters. The zero-order chi connectivity index (χ0) is 10.8. The summed E-state index contributed by atoms with van der Waals surface area (Å²) in [5.74, 6) is 0.229. The van der Waals surface area contributed by atoms with Crippen LogP contribution in [0, 0.1) is 0 Å². The largest absolute Gasteiger partial charge is 0.507 e. The van der Waals surface area contributed by atoms with E-state index in [1.807, 2.05) is 36.4 Å². The lowest BCUT2D eigenvalue weighted by Gasteiger charge is -2.04. The average Bonchev–Trinajstić information content (AvgIpc) is 2.22. The minimum Gasteiger partial charge on any atom is -0.507 e. The maximum atomic E-state index is 9.55. The van der Waals surface area contributed by atoms with E-state index in [1.165, 1.54) is 0 Å². The van der Waals surface area contributed by atoms with Gasteiger partial charge >= 0.3 is 0 Å². The summed E-state index contributed by atoms with van der Waals surface area (Å²) in [6.45, 7) is 0. The Bertz CT molecular complexity index is 497. The predicted octanol–water partition coefficient (Wildman–Crippen LogP) is 4.48. The lowest BCUT2D eigenvalue weighted by atomic mass is 10.1. The number of halogens is 2. The number of aromatic hydroxyl groups is 1. The van der Waals surface area contributed by atoms with Gasteiger partial charge in [-0.1, -0.05) is 29.8 Å². The Labute approximate surface area is 101 Å². The third-order valence-corrected chi connectivity index (χ3v) is 3.01. The molecule has 0 bridgehead atoms. The molecule has 0 heterocycles. The summed E-state index contributed by atoms with van der Waals surface area (Å²) in [6.07, 6.45) is 0. The Morgan fingerprint density at radius 1 is 1.00 bits per heavy atom. The van der Waals surface area contributed by atoms with Crippen LogP contribution in [0.1, 0.15) is 0 Å². The van der Waals surface area contributed by atoms with Crippen molar-refractivity contribution in [3.63, 3.8) is 0 Å². The smallest absolute Gasteiger partial charge is 0.130 e. The van der Waals surface area contributed by atoms with E-state index in [4.69, 9.17) is 11.6 Å². The first-order chi connectivity index (χ1) is 7.16. The van der Waals surface area contributed by atoms with Crippen molar-refractivity contribution in [2.75, 3.05) is 0 Å². The molecule has 1 nitrogen and oxygen atoms in total. The summed E-state index contributed by atoms with van der Waals surface area (Å²) >= 11 is 9.13. The van der Waals surface area contributed by atoms with Gasteiger partial charge in [0.2, 0.25) is 0 Å². The second-order valence-electron chi connectivity index (χ2n) is 3.18. The van der Waals surface area contributed by atoms with Crippen molar-refractivity contribution in [2.24, 2.45) is 0 Å². The fraction of sp³-hybridized carbons (Fsp3) is 0. The van der Waals surface area contributed by atoms with Crippen LogP contribution in [-0.4, -0.2) is 5.11 Å². The van der Waals surface area contributed by atoms with Crippen molar-refractivity contribution in [3.8, 4) is 16.9 Å². The Morgan fingerprint density at radius 2 is 1.73 bits per heavy atom. The molecule has 0 spiro atoms. The minimum atomic E-state index is 0.229. The standard InChI is InChI=1S/C12H8BrClO/c13-11-5-4-9(7-12(11)15)8-2-1-3-10(14)6-8/h1-7,15H. The first kappa shape index (κ1) is 10.5. The molecule has 3 heteroatoms. The molecule has 0 saturated carbocycles. The van der Waals surface area contributed by atoms with Crippen LogP contribution in [-0.2, 0) is 0 Å². The summed E-state index contributed by atoms with van der Waals surface area (Å²) in [5, 5.41) is 10.2. The Hall–Kier alpha value is -0.990. The van der Waals surface area contributed by atoms with Crippen LogP contribution in [0.15, 0.2) is 46.9 Å². The molecule has 0 aliphatic rings. The highest BCUT2D eigenvalue weighted by atomic mass is 79.9. The summed E-state index contributed by atoms with van der Waals surface area (Å²) in [7, 11) is 0. The van der Waals surface area contributed by atoms with Crippen LogP contribution in [0.25, 0.3) is 11.1 Å². The van der Waals surface area contributed by atoms with Crippen molar-refractivity contribution in [1.29, 1.82) is 0 Å². The van der Waals surface area contributed by atoms with Crippen molar-refractivity contribution in [1.82, 2.24) is 0 Å². The zero-order valence-corrected chi connectivity index (χ0v) is 10.1. The van der Waals surface area contributed by atoms with Crippen LogP contribution in [0.5, 0.6) is 5.75 Å². The normalized spacial score (nSPS) is 10.3. The molecular formula is C12H8BrClO. The molecule has 1 N–H and O–H groups in total. The molecule has 0 aromatic heterocycles. The van der Waals surface area contributed by atoms with Crippen LogP contribution >= 0.6 is 27.5 Å². The summed E-state index contributed by atoms with van der Waals surface area (Å²) in [4.78, 5) is 0. The SMILES string of the molecule is Oc1cc(-c2cccc(Cl)c2)ccc1Br. The van der Waals surface area contributed by atoms with Crippen molar-refractivity contribution in [2.45, 2.75) is 0 Å². The number of rotatable bonds is 1. The molecule has 2 aromatic rings. The number of hydrogen-bond acceptors (Lipinski definition) is 1. The Kier molecular flexibility index (Phi) is 2.98. The minimum absolute atomic E-state index is 0.229. The molecule has 15 heavy (non-hydrogen) atoms. The van der Waals surface area contributed by atoms with Gasteiger partial charge in [-0.05, 0) is 51.3 Å². The van der Waals surface area contributed by atoms with Gasteiger partial charge in [-0.2, -0.15) is 0 Å². The fourth-order valence-corrected chi connectivity index (χ4v) is 1.80. The van der Waals surface area contributed by atoms with E-state index in [1.54, 1.807) is 6.07 Å². The van der Waals surface area contributed by atoms with Gasteiger partial charge in [-0.15, -0.1) is 0 Å². The fourth-order valence-electron chi connectivity index (χ4n) is 1.36. The molecule has 0 amide bonds. The molecular weight excluding hydrogens is 275 g/mol. The van der Waals surface area contributed by atoms with Gasteiger partial charge in [0, 0.05) is 5.02 Å². The summed E-state index contributed by atoms with van der Waals surface area (Å²) in [5.41, 5.74) is 1.93. The molecule has 0 fully saturated rings. The second kappa shape index (κ2) is 4.25. The number of hydrogen-bond donors (Lipinski definition) is 1. The maximum absolute atomic E-state index is 9.55. The monoisotopic (exact) mass is 282 g/mol. The lowest BCUT2D eigenvalue weighted by Crippen LogP contribution is -1.78. The van der Waals surface area contributed by atoms with E-state index in [-0.39, 0.29) is 5.75 Å². The highest BCUT2D eigenvalue weighted by Gasteiger charge is 2.02. The van der Waals surface area contributed by atoms with Gasteiger partial charge in [0.05, 0.1) is 4.47 Å². The first-order valence-electron chi connectivity index (χ1n) is 4.41. The number of phenols is 1. The van der Waals surface area contributed by atoms with Crippen molar-refractivity contribution < 1.29 is 5.11 Å². The van der Waals surface area contributed by atoms with E-state index in [9.17, 15) is 5.11 Å². The Morgan fingerprint density at radius 3 is 2.40 bits per heavy atom. The molecule has 0 aliphatic carbocycles. The van der Waals surface area contributed by atoms with Crippen LogP contribution in [0.4, 0.5) is 0 Å². The first-order valence-corrected chi connectivity index (χ1v) is 5.58. The third-order valence-electron chi connectivity index (χ3n) is 2.10. The molecule has 0 saturated heterocycles.